The first-order chi connectivity index (χ1) is 9.02. The van der Waals surface area contributed by atoms with Crippen LogP contribution >= 0.6 is 15.9 Å². The van der Waals surface area contributed by atoms with Crippen molar-refractivity contribution in [2.75, 3.05) is 7.11 Å². The van der Waals surface area contributed by atoms with Crippen LogP contribution in [0.25, 0.3) is 0 Å². The van der Waals surface area contributed by atoms with Crippen molar-refractivity contribution in [3.63, 3.8) is 0 Å². The van der Waals surface area contributed by atoms with Crippen LogP contribution < -0.4 is 4.74 Å². The minimum atomic E-state index is -0.854. The van der Waals surface area contributed by atoms with Crippen LogP contribution in [0.1, 0.15) is 22.8 Å². The maximum absolute atomic E-state index is 13.1. The maximum atomic E-state index is 13.1. The standard InChI is InChI=1S/C15H14BrFO2/c1-9-7-11(17)4-5-12(9)15(18)13-8-10(16)3-6-14(13)19-2/h3-8,15,18H,1-2H3. The molecular formula is C15H14BrFO2. The Morgan fingerprint density at radius 3 is 2.53 bits per heavy atom. The zero-order valence-electron chi connectivity index (χ0n) is 10.7. The van der Waals surface area contributed by atoms with E-state index in [1.807, 2.05) is 6.07 Å². The Kier molecular flexibility index (Phi) is 4.22. The highest BCUT2D eigenvalue weighted by Gasteiger charge is 2.18. The fourth-order valence-electron chi connectivity index (χ4n) is 2.03. The summed E-state index contributed by atoms with van der Waals surface area (Å²) in [5.41, 5.74) is 2.01. The number of aryl methyl sites for hydroxylation is 1. The van der Waals surface area contributed by atoms with Gasteiger partial charge in [-0.1, -0.05) is 22.0 Å². The molecule has 100 valence electrons. The predicted octanol–water partition coefficient (Wildman–Crippen LogP) is 3.99. The van der Waals surface area contributed by atoms with Crippen molar-refractivity contribution in [1.82, 2.24) is 0 Å². The monoisotopic (exact) mass is 324 g/mol. The van der Waals surface area contributed by atoms with Crippen molar-refractivity contribution in [2.45, 2.75) is 13.0 Å². The first-order valence-corrected chi connectivity index (χ1v) is 6.59. The number of ether oxygens (including phenoxy) is 1. The minimum absolute atomic E-state index is 0.311. The number of hydrogen-bond acceptors (Lipinski definition) is 2. The molecule has 0 bridgehead atoms. The molecule has 0 spiro atoms. The molecule has 2 aromatic carbocycles. The van der Waals surface area contributed by atoms with Gasteiger partial charge in [-0.3, -0.25) is 0 Å². The Bertz CT molecular complexity index is 599. The lowest BCUT2D eigenvalue weighted by Gasteiger charge is -2.17. The van der Waals surface area contributed by atoms with Crippen LogP contribution in [-0.2, 0) is 0 Å². The zero-order chi connectivity index (χ0) is 14.0. The highest BCUT2D eigenvalue weighted by atomic mass is 79.9. The summed E-state index contributed by atoms with van der Waals surface area (Å²) in [4.78, 5) is 0. The molecule has 2 aromatic rings. The van der Waals surface area contributed by atoms with Gasteiger partial charge in [-0.2, -0.15) is 0 Å². The second-order valence-corrected chi connectivity index (χ2v) is 5.21. The molecule has 0 fully saturated rings. The van der Waals surface area contributed by atoms with E-state index in [0.717, 1.165) is 4.47 Å². The lowest BCUT2D eigenvalue weighted by atomic mass is 9.97. The minimum Gasteiger partial charge on any atom is -0.496 e. The normalized spacial score (nSPS) is 12.3. The Morgan fingerprint density at radius 2 is 1.89 bits per heavy atom. The third-order valence-corrected chi connectivity index (χ3v) is 3.51. The van der Waals surface area contributed by atoms with Gasteiger partial charge in [-0.05, 0) is 48.4 Å². The molecule has 0 aliphatic rings. The van der Waals surface area contributed by atoms with E-state index < -0.39 is 6.10 Å². The quantitative estimate of drug-likeness (QED) is 0.925. The van der Waals surface area contributed by atoms with E-state index >= 15 is 0 Å². The van der Waals surface area contributed by atoms with Gasteiger partial charge in [0.1, 0.15) is 17.7 Å². The predicted molar refractivity (Wildman–Crippen MR) is 75.9 cm³/mol. The summed E-state index contributed by atoms with van der Waals surface area (Å²) in [6.45, 7) is 1.77. The molecule has 4 heteroatoms. The van der Waals surface area contributed by atoms with E-state index in [2.05, 4.69) is 15.9 Å². The molecule has 1 N–H and O–H groups in total. The van der Waals surface area contributed by atoms with E-state index in [4.69, 9.17) is 4.74 Å². The number of hydrogen-bond donors (Lipinski definition) is 1. The lowest BCUT2D eigenvalue weighted by molar-refractivity contribution is 0.214. The van der Waals surface area contributed by atoms with E-state index in [1.165, 1.54) is 12.1 Å². The SMILES string of the molecule is COc1ccc(Br)cc1C(O)c1ccc(F)cc1C. The van der Waals surface area contributed by atoms with Crippen molar-refractivity contribution in [3.05, 3.63) is 63.4 Å². The Labute approximate surface area is 120 Å². The van der Waals surface area contributed by atoms with Gasteiger partial charge >= 0.3 is 0 Å². The first-order valence-electron chi connectivity index (χ1n) is 5.80. The van der Waals surface area contributed by atoms with Crippen molar-refractivity contribution in [2.24, 2.45) is 0 Å². The second kappa shape index (κ2) is 5.72. The topological polar surface area (TPSA) is 29.5 Å². The molecule has 0 aliphatic carbocycles. The summed E-state index contributed by atoms with van der Waals surface area (Å²) in [6.07, 6.45) is -0.854. The summed E-state index contributed by atoms with van der Waals surface area (Å²) in [6, 6.07) is 9.76. The van der Waals surface area contributed by atoms with Gasteiger partial charge in [0.2, 0.25) is 0 Å². The number of aliphatic hydroxyl groups excluding tert-OH is 1. The molecule has 0 aromatic heterocycles. The van der Waals surface area contributed by atoms with Gasteiger partial charge < -0.3 is 9.84 Å². The van der Waals surface area contributed by atoms with Crippen molar-refractivity contribution in [3.8, 4) is 5.75 Å². The Morgan fingerprint density at radius 1 is 1.16 bits per heavy atom. The van der Waals surface area contributed by atoms with E-state index in [0.29, 0.717) is 22.4 Å². The molecule has 2 nitrogen and oxygen atoms in total. The second-order valence-electron chi connectivity index (χ2n) is 4.29. The summed E-state index contributed by atoms with van der Waals surface area (Å²) in [5, 5.41) is 10.5. The molecule has 0 heterocycles. The zero-order valence-corrected chi connectivity index (χ0v) is 12.2. The summed E-state index contributed by atoms with van der Waals surface area (Å²) < 4.78 is 19.2. The highest BCUT2D eigenvalue weighted by molar-refractivity contribution is 9.10. The average molecular weight is 325 g/mol. The van der Waals surface area contributed by atoms with Gasteiger partial charge in [-0.25, -0.2) is 4.39 Å². The maximum Gasteiger partial charge on any atom is 0.125 e. The molecule has 0 radical (unpaired) electrons. The third kappa shape index (κ3) is 2.96. The number of methoxy groups -OCH3 is 1. The van der Waals surface area contributed by atoms with Gasteiger partial charge in [0.25, 0.3) is 0 Å². The van der Waals surface area contributed by atoms with Gasteiger partial charge in [0, 0.05) is 10.0 Å². The summed E-state index contributed by atoms with van der Waals surface area (Å²) >= 11 is 3.37. The molecule has 0 aliphatic heterocycles. The fraction of sp³-hybridized carbons (Fsp3) is 0.200. The molecular weight excluding hydrogens is 311 g/mol. The number of aliphatic hydroxyl groups is 1. The summed E-state index contributed by atoms with van der Waals surface area (Å²) in [7, 11) is 1.55. The van der Waals surface area contributed by atoms with Crippen LogP contribution in [0.2, 0.25) is 0 Å². The van der Waals surface area contributed by atoms with Crippen LogP contribution in [-0.4, -0.2) is 12.2 Å². The third-order valence-electron chi connectivity index (χ3n) is 3.01. The van der Waals surface area contributed by atoms with E-state index in [9.17, 15) is 9.50 Å². The molecule has 1 atom stereocenters. The largest absolute Gasteiger partial charge is 0.496 e. The van der Waals surface area contributed by atoms with Crippen LogP contribution in [0.15, 0.2) is 40.9 Å². The van der Waals surface area contributed by atoms with Gasteiger partial charge in [0.15, 0.2) is 0 Å². The molecule has 2 rings (SSSR count). The number of benzene rings is 2. The lowest BCUT2D eigenvalue weighted by Crippen LogP contribution is -2.04. The van der Waals surface area contributed by atoms with Crippen molar-refractivity contribution in [1.29, 1.82) is 0 Å². The number of halogens is 2. The average Bonchev–Trinajstić information content (AvgIpc) is 2.38. The van der Waals surface area contributed by atoms with Crippen molar-refractivity contribution >= 4 is 15.9 Å². The van der Waals surface area contributed by atoms with Gasteiger partial charge in [-0.15, -0.1) is 0 Å². The van der Waals surface area contributed by atoms with Crippen molar-refractivity contribution < 1.29 is 14.2 Å². The molecule has 1 unspecified atom stereocenters. The van der Waals surface area contributed by atoms with Crippen LogP contribution in [0.4, 0.5) is 4.39 Å². The van der Waals surface area contributed by atoms with E-state index in [1.54, 1.807) is 32.2 Å². The number of rotatable bonds is 3. The smallest absolute Gasteiger partial charge is 0.125 e. The molecule has 0 saturated carbocycles. The molecule has 19 heavy (non-hydrogen) atoms. The molecule has 0 saturated heterocycles. The Balaban J connectivity index is 2.49. The molecule has 0 amide bonds. The Hall–Kier alpha value is -1.39. The fourth-order valence-corrected chi connectivity index (χ4v) is 2.41. The van der Waals surface area contributed by atoms with Crippen LogP contribution in [0.5, 0.6) is 5.75 Å². The van der Waals surface area contributed by atoms with Crippen LogP contribution in [0, 0.1) is 12.7 Å². The van der Waals surface area contributed by atoms with E-state index in [-0.39, 0.29) is 5.82 Å². The summed E-state index contributed by atoms with van der Waals surface area (Å²) in [5.74, 6) is 0.286. The van der Waals surface area contributed by atoms with Crippen LogP contribution in [0.3, 0.4) is 0 Å². The first kappa shape index (κ1) is 14.0. The highest BCUT2D eigenvalue weighted by Crippen LogP contribution is 2.33. The van der Waals surface area contributed by atoms with Gasteiger partial charge in [0.05, 0.1) is 7.11 Å².